The highest BCUT2D eigenvalue weighted by Crippen LogP contribution is 2.32. The molecule has 0 spiro atoms. The number of fused-ring (bicyclic) bond motifs is 1. The summed E-state index contributed by atoms with van der Waals surface area (Å²) in [6, 6.07) is 3.58. The Balaban J connectivity index is 1.75. The second-order valence-corrected chi connectivity index (χ2v) is 10.2. The maximum absolute atomic E-state index is 13.3. The number of ether oxygens (including phenoxy) is 2. The first kappa shape index (κ1) is 25.1. The van der Waals surface area contributed by atoms with Crippen LogP contribution >= 0.6 is 0 Å². The summed E-state index contributed by atoms with van der Waals surface area (Å²) < 4.78 is 40.2. The average Bonchev–Trinajstić information content (AvgIpc) is 3.05. The molecule has 2 heterocycles. The van der Waals surface area contributed by atoms with E-state index in [9.17, 15) is 13.2 Å². The zero-order valence-electron chi connectivity index (χ0n) is 19.2. The van der Waals surface area contributed by atoms with Crippen molar-refractivity contribution in [2.75, 3.05) is 32.8 Å². The van der Waals surface area contributed by atoms with Crippen LogP contribution in [0.15, 0.2) is 28.1 Å². The Morgan fingerprint density at radius 1 is 1.21 bits per heavy atom. The molecule has 11 heteroatoms. The van der Waals surface area contributed by atoms with Crippen LogP contribution in [0, 0.1) is 5.92 Å². The third-order valence-electron chi connectivity index (χ3n) is 6.07. The van der Waals surface area contributed by atoms with Crippen molar-refractivity contribution in [3.8, 4) is 11.5 Å². The number of carbonyl (C=O) groups excluding carboxylic acids is 1. The standard InChI is InChI=1S/C22H35N5O5S/c1-2-16-8-11-27(12-9-16)21(28)18(5-3-10-25-22(23)24)26-33(29,30)17-6-7-19-20(15-17)32-14-4-13-31-19/h6-7,15-16,18,26H,2-5,8-14H2,1H3,(H4,23,24,25). The van der Waals surface area contributed by atoms with Crippen molar-refractivity contribution in [2.24, 2.45) is 22.4 Å². The molecular weight excluding hydrogens is 446 g/mol. The molecule has 1 atom stereocenters. The van der Waals surface area contributed by atoms with Crippen molar-refractivity contribution in [1.29, 1.82) is 0 Å². The summed E-state index contributed by atoms with van der Waals surface area (Å²) in [6.45, 7) is 4.69. The first-order chi connectivity index (χ1) is 15.8. The van der Waals surface area contributed by atoms with Gasteiger partial charge in [-0.15, -0.1) is 0 Å². The summed E-state index contributed by atoms with van der Waals surface area (Å²) in [6.07, 6.45) is 4.41. The van der Waals surface area contributed by atoms with Crippen molar-refractivity contribution in [2.45, 2.75) is 56.4 Å². The fourth-order valence-corrected chi connectivity index (χ4v) is 5.32. The molecule has 1 aromatic rings. The summed E-state index contributed by atoms with van der Waals surface area (Å²) >= 11 is 0. The molecular formula is C22H35N5O5S. The van der Waals surface area contributed by atoms with Gasteiger partial charge in [-0.1, -0.05) is 13.3 Å². The molecule has 33 heavy (non-hydrogen) atoms. The lowest BCUT2D eigenvalue weighted by Crippen LogP contribution is -2.50. The lowest BCUT2D eigenvalue weighted by atomic mass is 9.94. The van der Waals surface area contributed by atoms with Crippen molar-refractivity contribution < 1.29 is 22.7 Å². The summed E-state index contributed by atoms with van der Waals surface area (Å²) in [5.74, 6) is 1.25. The molecule has 0 aliphatic carbocycles. The van der Waals surface area contributed by atoms with Crippen LogP contribution in [0.5, 0.6) is 11.5 Å². The topological polar surface area (TPSA) is 149 Å². The number of piperidine rings is 1. The lowest BCUT2D eigenvalue weighted by molar-refractivity contribution is -0.134. The molecule has 5 N–H and O–H groups in total. The number of aliphatic imine (C=N–C) groups is 1. The van der Waals surface area contributed by atoms with Gasteiger partial charge in [-0.05, 0) is 43.7 Å². The molecule has 184 valence electrons. The Kier molecular flexibility index (Phi) is 8.79. The van der Waals surface area contributed by atoms with E-state index in [-0.39, 0.29) is 23.2 Å². The molecule has 1 amide bonds. The van der Waals surface area contributed by atoms with Crippen LogP contribution in [-0.4, -0.2) is 64.1 Å². The maximum Gasteiger partial charge on any atom is 0.241 e. The molecule has 1 fully saturated rings. The van der Waals surface area contributed by atoms with E-state index in [1.165, 1.54) is 12.1 Å². The quantitative estimate of drug-likeness (QED) is 0.272. The van der Waals surface area contributed by atoms with E-state index < -0.39 is 16.1 Å². The van der Waals surface area contributed by atoms with Gasteiger partial charge in [0.15, 0.2) is 17.5 Å². The van der Waals surface area contributed by atoms with Gasteiger partial charge in [-0.2, -0.15) is 4.72 Å². The van der Waals surface area contributed by atoms with Crippen LogP contribution < -0.4 is 25.7 Å². The monoisotopic (exact) mass is 481 g/mol. The fraction of sp³-hybridized carbons (Fsp3) is 0.636. The first-order valence-electron chi connectivity index (χ1n) is 11.6. The van der Waals surface area contributed by atoms with Crippen LogP contribution in [0.25, 0.3) is 0 Å². The Morgan fingerprint density at radius 2 is 1.91 bits per heavy atom. The van der Waals surface area contributed by atoms with Gasteiger partial charge in [-0.3, -0.25) is 9.79 Å². The highest BCUT2D eigenvalue weighted by molar-refractivity contribution is 7.89. The Hall–Kier alpha value is -2.53. The minimum atomic E-state index is -3.98. The highest BCUT2D eigenvalue weighted by Gasteiger charge is 2.31. The number of likely N-dealkylation sites (tertiary alicyclic amines) is 1. The van der Waals surface area contributed by atoms with Crippen molar-refractivity contribution >= 4 is 21.9 Å². The van der Waals surface area contributed by atoms with Crippen molar-refractivity contribution in [3.63, 3.8) is 0 Å². The van der Waals surface area contributed by atoms with E-state index in [1.807, 2.05) is 0 Å². The maximum atomic E-state index is 13.3. The predicted octanol–water partition coefficient (Wildman–Crippen LogP) is 1.20. The van der Waals surface area contributed by atoms with Gasteiger partial charge >= 0.3 is 0 Å². The van der Waals surface area contributed by atoms with E-state index in [0.717, 1.165) is 25.7 Å². The van der Waals surface area contributed by atoms with Gasteiger partial charge in [0.05, 0.1) is 18.1 Å². The molecule has 1 unspecified atom stereocenters. The zero-order chi connectivity index (χ0) is 23.8. The molecule has 0 saturated carbocycles. The number of nitrogens with one attached hydrogen (secondary N) is 1. The van der Waals surface area contributed by atoms with E-state index >= 15 is 0 Å². The summed E-state index contributed by atoms with van der Waals surface area (Å²) in [7, 11) is -3.98. The Morgan fingerprint density at radius 3 is 2.58 bits per heavy atom. The molecule has 0 radical (unpaired) electrons. The highest BCUT2D eigenvalue weighted by atomic mass is 32.2. The number of hydrogen-bond donors (Lipinski definition) is 3. The van der Waals surface area contributed by atoms with Gasteiger partial charge in [0.2, 0.25) is 15.9 Å². The van der Waals surface area contributed by atoms with Crippen LogP contribution in [0.3, 0.4) is 0 Å². The second kappa shape index (κ2) is 11.6. The fourth-order valence-electron chi connectivity index (χ4n) is 4.08. The SMILES string of the molecule is CCC1CCN(C(=O)C(CCCN=C(N)N)NS(=O)(=O)c2ccc3c(c2)OCCCO3)CC1. The van der Waals surface area contributed by atoms with Crippen LogP contribution in [0.4, 0.5) is 0 Å². The number of rotatable bonds is 9. The average molecular weight is 482 g/mol. The second-order valence-electron chi connectivity index (χ2n) is 8.46. The molecule has 3 rings (SSSR count). The Labute approximate surface area is 195 Å². The number of benzene rings is 1. The van der Waals surface area contributed by atoms with Crippen LogP contribution in [-0.2, 0) is 14.8 Å². The number of hydrogen-bond acceptors (Lipinski definition) is 6. The van der Waals surface area contributed by atoms with Gasteiger partial charge in [0.25, 0.3) is 0 Å². The molecule has 2 aliphatic heterocycles. The number of sulfonamides is 1. The van der Waals surface area contributed by atoms with Gasteiger partial charge in [0, 0.05) is 32.1 Å². The smallest absolute Gasteiger partial charge is 0.241 e. The van der Waals surface area contributed by atoms with E-state index in [2.05, 4.69) is 16.6 Å². The molecule has 0 aromatic heterocycles. The molecule has 10 nitrogen and oxygen atoms in total. The van der Waals surface area contributed by atoms with E-state index in [0.29, 0.717) is 56.7 Å². The predicted molar refractivity (Wildman–Crippen MR) is 126 cm³/mol. The number of nitrogens with two attached hydrogens (primary N) is 2. The number of nitrogens with zero attached hydrogens (tertiary/aromatic N) is 2. The minimum Gasteiger partial charge on any atom is -0.490 e. The lowest BCUT2D eigenvalue weighted by Gasteiger charge is -2.34. The Bertz CT molecular complexity index is 940. The van der Waals surface area contributed by atoms with Crippen LogP contribution in [0.1, 0.15) is 45.4 Å². The number of amides is 1. The number of carbonyl (C=O) groups is 1. The minimum absolute atomic E-state index is 0.0264. The first-order valence-corrected chi connectivity index (χ1v) is 13.0. The molecule has 2 aliphatic rings. The van der Waals surface area contributed by atoms with Gasteiger partial charge in [-0.25, -0.2) is 8.42 Å². The molecule has 0 bridgehead atoms. The van der Waals surface area contributed by atoms with Crippen molar-refractivity contribution in [1.82, 2.24) is 9.62 Å². The third kappa shape index (κ3) is 6.97. The largest absolute Gasteiger partial charge is 0.490 e. The van der Waals surface area contributed by atoms with Gasteiger partial charge in [0.1, 0.15) is 6.04 Å². The number of guanidine groups is 1. The van der Waals surface area contributed by atoms with Crippen LogP contribution in [0.2, 0.25) is 0 Å². The van der Waals surface area contributed by atoms with Crippen molar-refractivity contribution in [3.05, 3.63) is 18.2 Å². The third-order valence-corrected chi connectivity index (χ3v) is 7.54. The molecule has 1 saturated heterocycles. The summed E-state index contributed by atoms with van der Waals surface area (Å²) in [5, 5.41) is 0. The zero-order valence-corrected chi connectivity index (χ0v) is 20.0. The molecule has 1 aromatic carbocycles. The van der Waals surface area contributed by atoms with Gasteiger partial charge < -0.3 is 25.8 Å². The normalized spacial score (nSPS) is 17.8. The van der Waals surface area contributed by atoms with E-state index in [4.69, 9.17) is 20.9 Å². The summed E-state index contributed by atoms with van der Waals surface area (Å²) in [5.41, 5.74) is 10.8. The van der Waals surface area contributed by atoms with E-state index in [1.54, 1.807) is 11.0 Å². The summed E-state index contributed by atoms with van der Waals surface area (Å²) in [4.78, 5) is 19.0.